The first kappa shape index (κ1) is 25.6. The van der Waals surface area contributed by atoms with E-state index >= 15 is 0 Å². The van der Waals surface area contributed by atoms with Gasteiger partial charge in [-0.25, -0.2) is 8.42 Å². The van der Waals surface area contributed by atoms with Gasteiger partial charge < -0.3 is 26.6 Å². The standard InChI is InChI=1S/C14H20N4PS2.CHF3O3S/c1-15(2)13-5-9-17(10-6-13)19(20,21)18-11-7-14(8-12-18)16(3)4;2-1(3,4)8(5,6)7/h5-12H,1-4H3;(H,5,6,7)/q+1;/p-1. The van der Waals surface area contributed by atoms with Crippen molar-refractivity contribution in [1.82, 2.24) is 0 Å². The molecule has 2 rings (SSSR count). The molecule has 0 aliphatic rings. The molecule has 0 unspecified atom stereocenters. The van der Waals surface area contributed by atoms with Gasteiger partial charge in [-0.3, -0.25) is 0 Å². The summed E-state index contributed by atoms with van der Waals surface area (Å²) in [4.78, 5) is 4.10. The van der Waals surface area contributed by atoms with Crippen LogP contribution in [0.5, 0.6) is 0 Å². The first-order valence-electron chi connectivity index (χ1n) is 7.79. The number of rotatable bonds is 4. The third-order valence-electron chi connectivity index (χ3n) is 3.49. The monoisotopic (exact) mass is 488 g/mol. The molecule has 2 heterocycles. The number of alkyl halides is 3. The smallest absolute Gasteiger partial charge is 0.485 e. The van der Waals surface area contributed by atoms with Gasteiger partial charge in [0.25, 0.3) is 0 Å². The van der Waals surface area contributed by atoms with Gasteiger partial charge in [-0.1, -0.05) is 0 Å². The summed E-state index contributed by atoms with van der Waals surface area (Å²) in [5.41, 5.74) is -5.67. The lowest BCUT2D eigenvalue weighted by atomic mass is 10.4. The van der Waals surface area contributed by atoms with Crippen molar-refractivity contribution in [3.8, 4) is 0 Å². The van der Waals surface area contributed by atoms with Gasteiger partial charge in [-0.15, -0.1) is 0 Å². The number of anilines is 2. The lowest BCUT2D eigenvalue weighted by molar-refractivity contribution is -0.623. The Morgan fingerprint density at radius 3 is 1.34 bits per heavy atom. The molecule has 0 N–H and O–H groups in total. The van der Waals surface area contributed by atoms with E-state index in [4.69, 9.17) is 37.0 Å². The predicted octanol–water partition coefficient (Wildman–Crippen LogP) is 1.61. The van der Waals surface area contributed by atoms with Crippen molar-refractivity contribution >= 4 is 51.1 Å². The molecule has 29 heavy (non-hydrogen) atoms. The highest BCUT2D eigenvalue weighted by Gasteiger charge is 2.36. The predicted molar refractivity (Wildman–Crippen MR) is 110 cm³/mol. The van der Waals surface area contributed by atoms with E-state index in [0.29, 0.717) is 0 Å². The molecule has 0 spiro atoms. The summed E-state index contributed by atoms with van der Waals surface area (Å²) in [6.07, 6.45) is 7.87. The van der Waals surface area contributed by atoms with Crippen LogP contribution in [0.2, 0.25) is 0 Å². The highest BCUT2D eigenvalue weighted by molar-refractivity contribution is 8.49. The van der Waals surface area contributed by atoms with Crippen molar-refractivity contribution in [2.24, 2.45) is 0 Å². The molecular weight excluding hydrogens is 468 g/mol. The first-order valence-corrected chi connectivity index (χ1v) is 12.9. The SMILES string of the molecule is CN(C)c1cc[n+](P(=S)([S-])[n+]2ccc(N(C)C)cc2)cc1.O=S(=O)([O-])C(F)(F)F. The zero-order valence-corrected chi connectivity index (χ0v) is 19.3. The lowest BCUT2D eigenvalue weighted by Crippen LogP contribution is -2.45. The lowest BCUT2D eigenvalue weighted by Gasteiger charge is -2.17. The molecule has 162 valence electrons. The van der Waals surface area contributed by atoms with Crippen LogP contribution in [-0.2, 0) is 34.2 Å². The van der Waals surface area contributed by atoms with Crippen LogP contribution < -0.4 is 18.5 Å². The number of halogens is 3. The maximum Gasteiger partial charge on any atom is 0.485 e. The van der Waals surface area contributed by atoms with Gasteiger partial charge in [0.05, 0.1) is 0 Å². The van der Waals surface area contributed by atoms with Crippen molar-refractivity contribution in [3.05, 3.63) is 49.1 Å². The van der Waals surface area contributed by atoms with E-state index in [1.165, 1.54) is 0 Å². The minimum atomic E-state index is -6.09. The van der Waals surface area contributed by atoms with Crippen LogP contribution in [-0.4, -0.2) is 46.7 Å². The number of nitrogens with zero attached hydrogens (tertiary/aromatic N) is 4. The third kappa shape index (κ3) is 7.10. The summed E-state index contributed by atoms with van der Waals surface area (Å²) in [6, 6.07) is 8.12. The summed E-state index contributed by atoms with van der Waals surface area (Å²) in [6.45, 7) is 0. The van der Waals surface area contributed by atoms with Gasteiger partial charge in [0.1, 0.15) is 0 Å². The highest BCUT2D eigenvalue weighted by Crippen LogP contribution is 2.31. The van der Waals surface area contributed by atoms with Crippen LogP contribution in [0.4, 0.5) is 24.5 Å². The molecule has 2 aromatic rings. The van der Waals surface area contributed by atoms with E-state index in [9.17, 15) is 13.2 Å². The molecule has 0 aromatic carbocycles. The largest absolute Gasteiger partial charge is 0.741 e. The average molecular weight is 489 g/mol. The summed E-state index contributed by atoms with van der Waals surface area (Å²) in [7, 11) is 1.96. The molecule has 0 amide bonds. The van der Waals surface area contributed by atoms with Gasteiger partial charge in [-0.2, -0.15) is 21.8 Å². The number of pyridine rings is 2. The molecule has 2 aromatic heterocycles. The Balaban J connectivity index is 0.000000447. The van der Waals surface area contributed by atoms with Gasteiger partial charge >= 0.3 is 11.0 Å². The highest BCUT2D eigenvalue weighted by atomic mass is 32.9. The number of aromatic nitrogens is 2. The molecule has 7 nitrogen and oxygen atoms in total. The third-order valence-corrected chi connectivity index (χ3v) is 8.02. The summed E-state index contributed by atoms with van der Waals surface area (Å²) >= 11 is 11.4. The van der Waals surface area contributed by atoms with E-state index in [1.54, 1.807) is 0 Å². The molecule has 0 radical (unpaired) electrons. The average Bonchev–Trinajstić information content (AvgIpc) is 2.60. The maximum atomic E-state index is 10.7. The number of hydrogen-bond donors (Lipinski definition) is 0. The van der Waals surface area contributed by atoms with Crippen molar-refractivity contribution in [3.63, 3.8) is 0 Å². The molecule has 0 aliphatic heterocycles. The second kappa shape index (κ2) is 9.61. The fourth-order valence-electron chi connectivity index (χ4n) is 1.87. The van der Waals surface area contributed by atoms with Gasteiger partial charge in [0.2, 0.25) is 0 Å². The minimum absolute atomic E-state index is 1.13. The van der Waals surface area contributed by atoms with Crippen molar-refractivity contribution in [1.29, 1.82) is 0 Å². The van der Waals surface area contributed by atoms with E-state index in [2.05, 4.69) is 9.80 Å². The van der Waals surface area contributed by atoms with Crippen LogP contribution >= 0.6 is 5.54 Å². The first-order chi connectivity index (χ1) is 13.1. The summed E-state index contributed by atoms with van der Waals surface area (Å²) in [5.74, 6) is 0. The normalized spacial score (nSPS) is 12.0. The van der Waals surface area contributed by atoms with E-state index in [1.807, 2.05) is 85.9 Å². The van der Waals surface area contributed by atoms with Crippen molar-refractivity contribution < 1.29 is 34.8 Å². The maximum absolute atomic E-state index is 10.7. The fraction of sp³-hybridized carbons (Fsp3) is 0.333. The fourth-order valence-corrected chi connectivity index (χ4v) is 4.36. The molecule has 0 saturated carbocycles. The second-order valence-corrected chi connectivity index (χ2v) is 13.1. The van der Waals surface area contributed by atoms with Crippen molar-refractivity contribution in [2.45, 2.75) is 5.51 Å². The van der Waals surface area contributed by atoms with Gasteiger partial charge in [0.15, 0.2) is 34.9 Å². The summed E-state index contributed by atoms with van der Waals surface area (Å²) in [5, 5.41) is 0. The molecule has 0 fully saturated rings. The number of hydrogen-bond acceptors (Lipinski definition) is 7. The Labute approximate surface area is 178 Å². The Hall–Kier alpha value is -1.40. The Morgan fingerprint density at radius 2 is 1.17 bits per heavy atom. The molecule has 14 heteroatoms. The van der Waals surface area contributed by atoms with Crippen LogP contribution in [0.25, 0.3) is 0 Å². The van der Waals surface area contributed by atoms with E-state index in [-0.39, 0.29) is 0 Å². The molecule has 0 atom stereocenters. The Bertz CT molecular complexity index is 912. The Kier molecular flexibility index (Phi) is 8.49. The van der Waals surface area contributed by atoms with Crippen LogP contribution in [0.1, 0.15) is 0 Å². The van der Waals surface area contributed by atoms with Crippen molar-refractivity contribution in [2.75, 3.05) is 38.0 Å². The summed E-state index contributed by atoms with van der Waals surface area (Å²) < 4.78 is 62.8. The zero-order valence-electron chi connectivity index (χ0n) is 15.9. The topological polar surface area (TPSA) is 71.4 Å². The van der Waals surface area contributed by atoms with Crippen LogP contribution in [0.3, 0.4) is 0 Å². The Morgan fingerprint density at radius 1 is 0.931 bits per heavy atom. The molecule has 0 saturated heterocycles. The molecular formula is C15H20F3N4O3PS3. The van der Waals surface area contributed by atoms with E-state index in [0.717, 1.165) is 11.4 Å². The molecule has 0 bridgehead atoms. The second-order valence-electron chi connectivity index (χ2n) is 6.05. The zero-order chi connectivity index (χ0) is 22.6. The van der Waals surface area contributed by atoms with E-state index < -0.39 is 21.2 Å². The van der Waals surface area contributed by atoms with Gasteiger partial charge in [0, 0.05) is 75.6 Å². The van der Waals surface area contributed by atoms with Crippen LogP contribution in [0.15, 0.2) is 49.1 Å². The molecule has 0 aliphatic carbocycles. The minimum Gasteiger partial charge on any atom is -0.741 e. The quantitative estimate of drug-likeness (QED) is 0.280. The van der Waals surface area contributed by atoms with Gasteiger partial charge in [-0.05, 0) is 0 Å². The van der Waals surface area contributed by atoms with Crippen LogP contribution in [0, 0.1) is 0 Å².